The molecule has 1 amide bonds. The molecule has 7 nitrogen and oxygen atoms in total. The largest absolute Gasteiger partial charge is 0.467 e. The summed E-state index contributed by atoms with van der Waals surface area (Å²) in [4.78, 5) is 28.7. The maximum Gasteiger partial charge on any atom is 0.338 e. The number of hydrogen-bond acceptors (Lipinski definition) is 5. The van der Waals surface area contributed by atoms with Gasteiger partial charge in [0.2, 0.25) is 5.91 Å². The minimum absolute atomic E-state index is 0.0647. The molecule has 31 heavy (non-hydrogen) atoms. The first-order valence-corrected chi connectivity index (χ1v) is 10.6. The van der Waals surface area contributed by atoms with E-state index in [2.05, 4.69) is 5.32 Å². The summed E-state index contributed by atoms with van der Waals surface area (Å²) in [6.45, 7) is 3.96. The normalized spacial score (nSPS) is 23.9. The second-order valence-corrected chi connectivity index (χ2v) is 8.32. The van der Waals surface area contributed by atoms with E-state index in [1.807, 2.05) is 36.1 Å². The lowest BCUT2D eigenvalue weighted by Gasteiger charge is -2.56. The molecular weight excluding hydrogens is 414 g/mol. The summed E-state index contributed by atoms with van der Waals surface area (Å²) < 4.78 is 11.6. The van der Waals surface area contributed by atoms with Crippen molar-refractivity contribution in [1.29, 1.82) is 0 Å². The fourth-order valence-electron chi connectivity index (χ4n) is 4.33. The third-order valence-corrected chi connectivity index (χ3v) is 6.05. The van der Waals surface area contributed by atoms with E-state index in [4.69, 9.17) is 21.7 Å². The highest BCUT2D eigenvalue weighted by Gasteiger charge is 2.59. The standard InChI is InChI=1S/C23H25N3O4S/c1-5-29-21(28)14-10-12-15(13-11-14)26-22(31)24-19-16-8-6-7-9-17(16)30-23(26,2)18(19)20(27)25(3)4/h6-13,18-19H,5H2,1-4H3,(H,24,31). The highest BCUT2D eigenvalue weighted by atomic mass is 32.1. The lowest BCUT2D eigenvalue weighted by Crippen LogP contribution is -2.72. The third-order valence-electron chi connectivity index (χ3n) is 5.75. The quantitative estimate of drug-likeness (QED) is 0.580. The van der Waals surface area contributed by atoms with Gasteiger partial charge in [-0.2, -0.15) is 0 Å². The van der Waals surface area contributed by atoms with Crippen molar-refractivity contribution >= 4 is 34.9 Å². The predicted molar refractivity (Wildman–Crippen MR) is 121 cm³/mol. The fraction of sp³-hybridized carbons (Fsp3) is 0.348. The number of ether oxygens (including phenoxy) is 2. The molecule has 2 aliphatic rings. The fourth-order valence-corrected chi connectivity index (χ4v) is 4.75. The van der Waals surface area contributed by atoms with Crippen LogP contribution in [0.1, 0.15) is 35.8 Å². The first-order chi connectivity index (χ1) is 14.8. The number of esters is 1. The van der Waals surface area contributed by atoms with Crippen molar-refractivity contribution in [2.45, 2.75) is 25.6 Å². The number of carbonyl (C=O) groups excluding carboxylic acids is 2. The molecule has 0 aliphatic carbocycles. The Morgan fingerprint density at radius 3 is 2.52 bits per heavy atom. The van der Waals surface area contributed by atoms with Crippen molar-refractivity contribution in [2.24, 2.45) is 5.92 Å². The van der Waals surface area contributed by atoms with Crippen LogP contribution in [-0.4, -0.2) is 48.3 Å². The summed E-state index contributed by atoms with van der Waals surface area (Å²) in [5.41, 5.74) is 0.997. The van der Waals surface area contributed by atoms with E-state index in [0.29, 0.717) is 28.7 Å². The van der Waals surface area contributed by atoms with Crippen LogP contribution in [0.5, 0.6) is 5.75 Å². The summed E-state index contributed by atoms with van der Waals surface area (Å²) in [5.74, 6) is -0.289. The Balaban J connectivity index is 1.80. The molecule has 0 aromatic heterocycles. The van der Waals surface area contributed by atoms with E-state index in [9.17, 15) is 9.59 Å². The van der Waals surface area contributed by atoms with Gasteiger partial charge < -0.3 is 19.7 Å². The SMILES string of the molecule is CCOC(=O)c1ccc(N2C(=S)NC3c4ccccc4OC2(C)C3C(=O)N(C)C)cc1. The van der Waals surface area contributed by atoms with Crippen molar-refractivity contribution in [3.8, 4) is 5.75 Å². The number of benzene rings is 2. The van der Waals surface area contributed by atoms with Gasteiger partial charge in [-0.05, 0) is 56.4 Å². The molecule has 8 heteroatoms. The molecule has 1 N–H and O–H groups in total. The minimum atomic E-state index is -1.06. The van der Waals surface area contributed by atoms with Crippen molar-refractivity contribution in [3.05, 3.63) is 59.7 Å². The van der Waals surface area contributed by atoms with E-state index in [1.54, 1.807) is 50.2 Å². The van der Waals surface area contributed by atoms with Crippen molar-refractivity contribution in [2.75, 3.05) is 25.6 Å². The van der Waals surface area contributed by atoms with Crippen LogP contribution >= 0.6 is 12.2 Å². The maximum absolute atomic E-state index is 13.3. The summed E-state index contributed by atoms with van der Waals surface area (Å²) in [5, 5.41) is 3.81. The first kappa shape index (κ1) is 21.1. The molecule has 0 radical (unpaired) electrons. The number of fused-ring (bicyclic) bond motifs is 4. The molecule has 162 valence electrons. The van der Waals surface area contributed by atoms with Crippen LogP contribution in [0.2, 0.25) is 0 Å². The Hall–Kier alpha value is -3.13. The zero-order valence-corrected chi connectivity index (χ0v) is 18.7. The van der Waals surface area contributed by atoms with Crippen LogP contribution in [-0.2, 0) is 9.53 Å². The molecule has 1 saturated heterocycles. The van der Waals surface area contributed by atoms with E-state index in [0.717, 1.165) is 5.56 Å². The highest BCUT2D eigenvalue weighted by Crippen LogP contribution is 2.49. The van der Waals surface area contributed by atoms with Crippen molar-refractivity contribution in [1.82, 2.24) is 10.2 Å². The number of nitrogens with zero attached hydrogens (tertiary/aromatic N) is 2. The molecule has 1 fully saturated rings. The van der Waals surface area contributed by atoms with Crippen LogP contribution < -0.4 is 15.0 Å². The number of nitrogens with one attached hydrogen (secondary N) is 1. The maximum atomic E-state index is 13.3. The minimum Gasteiger partial charge on any atom is -0.467 e. The van der Waals surface area contributed by atoms with Crippen molar-refractivity contribution < 1.29 is 19.1 Å². The van der Waals surface area contributed by atoms with Gasteiger partial charge >= 0.3 is 5.97 Å². The average molecular weight is 440 g/mol. The number of hydrogen-bond donors (Lipinski definition) is 1. The summed E-state index contributed by atoms with van der Waals surface area (Å²) in [7, 11) is 3.47. The smallest absolute Gasteiger partial charge is 0.338 e. The Bertz CT molecular complexity index is 1040. The Morgan fingerprint density at radius 1 is 1.19 bits per heavy atom. The van der Waals surface area contributed by atoms with E-state index in [-0.39, 0.29) is 17.9 Å². The zero-order valence-electron chi connectivity index (χ0n) is 17.9. The Kier molecular flexibility index (Phi) is 5.35. The van der Waals surface area contributed by atoms with E-state index in [1.165, 1.54) is 0 Å². The number of anilines is 1. The lowest BCUT2D eigenvalue weighted by atomic mass is 9.78. The number of thiocarbonyl (C=S) groups is 1. The molecule has 2 aliphatic heterocycles. The van der Waals surface area contributed by atoms with Gasteiger partial charge in [0, 0.05) is 25.3 Å². The number of carbonyl (C=O) groups is 2. The van der Waals surface area contributed by atoms with E-state index >= 15 is 0 Å². The zero-order chi connectivity index (χ0) is 22.3. The molecule has 0 spiro atoms. The molecule has 2 aromatic carbocycles. The number of amides is 1. The van der Waals surface area contributed by atoms with Gasteiger partial charge in [-0.1, -0.05) is 18.2 Å². The van der Waals surface area contributed by atoms with Crippen LogP contribution in [0.4, 0.5) is 5.69 Å². The molecule has 2 aromatic rings. The lowest BCUT2D eigenvalue weighted by molar-refractivity contribution is -0.144. The van der Waals surface area contributed by atoms with E-state index < -0.39 is 11.6 Å². The first-order valence-electron chi connectivity index (χ1n) is 10.1. The monoisotopic (exact) mass is 439 g/mol. The number of para-hydroxylation sites is 1. The molecule has 0 saturated carbocycles. The molecule has 2 heterocycles. The van der Waals surface area contributed by atoms with Gasteiger partial charge in [-0.3, -0.25) is 9.69 Å². The average Bonchev–Trinajstić information content (AvgIpc) is 2.73. The Morgan fingerprint density at radius 2 is 1.87 bits per heavy atom. The predicted octanol–water partition coefficient (Wildman–Crippen LogP) is 3.11. The van der Waals surface area contributed by atoms with Gasteiger partial charge in [-0.15, -0.1) is 0 Å². The van der Waals surface area contributed by atoms with Crippen LogP contribution in [0.25, 0.3) is 0 Å². The summed E-state index contributed by atoms with van der Waals surface area (Å²) in [6.07, 6.45) is 0. The molecule has 3 unspecified atom stereocenters. The molecule has 4 rings (SSSR count). The second-order valence-electron chi connectivity index (χ2n) is 7.93. The van der Waals surface area contributed by atoms with Crippen molar-refractivity contribution in [3.63, 3.8) is 0 Å². The summed E-state index contributed by atoms with van der Waals surface area (Å²) in [6, 6.07) is 14.3. The number of rotatable bonds is 4. The molecule has 3 atom stereocenters. The highest BCUT2D eigenvalue weighted by molar-refractivity contribution is 7.80. The molecular formula is C23H25N3O4S. The van der Waals surface area contributed by atoms with Gasteiger partial charge in [-0.25, -0.2) is 4.79 Å². The van der Waals surface area contributed by atoms with Gasteiger partial charge in [0.15, 0.2) is 10.8 Å². The summed E-state index contributed by atoms with van der Waals surface area (Å²) >= 11 is 5.71. The Labute approximate surface area is 186 Å². The van der Waals surface area contributed by atoms with Crippen LogP contribution in [0.15, 0.2) is 48.5 Å². The van der Waals surface area contributed by atoms with Crippen LogP contribution in [0, 0.1) is 5.92 Å². The third kappa shape index (κ3) is 3.40. The van der Waals surface area contributed by atoms with Gasteiger partial charge in [0.05, 0.1) is 18.2 Å². The van der Waals surface area contributed by atoms with Gasteiger partial charge in [0.1, 0.15) is 11.7 Å². The van der Waals surface area contributed by atoms with Crippen LogP contribution in [0.3, 0.4) is 0 Å². The second kappa shape index (κ2) is 7.85. The molecule has 2 bridgehead atoms. The van der Waals surface area contributed by atoms with Gasteiger partial charge in [0.25, 0.3) is 0 Å². The topological polar surface area (TPSA) is 71.1 Å².